The molecule has 4 fully saturated rings. The lowest BCUT2D eigenvalue weighted by Gasteiger charge is -2.54. The maximum Gasteiger partial charge on any atom is 0.360 e. The molecule has 4 aliphatic rings. The number of piperidine rings is 2. The monoisotopic (exact) mass is 534 g/mol. The van der Waals surface area contributed by atoms with Crippen molar-refractivity contribution in [2.24, 2.45) is 17.0 Å². The van der Waals surface area contributed by atoms with Gasteiger partial charge >= 0.3 is 5.97 Å². The fourth-order valence-corrected chi connectivity index (χ4v) is 8.32. The molecule has 1 N–H and O–H groups in total. The molecule has 2 aromatic rings. The second-order valence-corrected chi connectivity index (χ2v) is 12.7. The highest BCUT2D eigenvalue weighted by molar-refractivity contribution is 6.41. The van der Waals surface area contributed by atoms with Crippen LogP contribution in [0.15, 0.2) is 34.2 Å². The predicted molar refractivity (Wildman–Crippen MR) is 151 cm³/mol. The van der Waals surface area contributed by atoms with E-state index in [2.05, 4.69) is 15.0 Å². The van der Waals surface area contributed by atoms with Crippen molar-refractivity contribution in [1.82, 2.24) is 14.5 Å². The van der Waals surface area contributed by atoms with Gasteiger partial charge in [0.05, 0.1) is 11.0 Å². The van der Waals surface area contributed by atoms with E-state index in [-0.39, 0.29) is 23.4 Å². The number of oxime groups is 1. The van der Waals surface area contributed by atoms with Crippen molar-refractivity contribution < 1.29 is 14.7 Å². The normalized spacial score (nSPS) is 31.7. The molecule has 6 rings (SSSR count). The van der Waals surface area contributed by atoms with Gasteiger partial charge in [0.1, 0.15) is 6.10 Å². The quantitative estimate of drug-likeness (QED) is 0.387. The minimum absolute atomic E-state index is 0.00244. The van der Waals surface area contributed by atoms with E-state index in [1.165, 1.54) is 64.2 Å². The molecule has 210 valence electrons. The Balaban J connectivity index is 1.36. The van der Waals surface area contributed by atoms with Crippen LogP contribution in [0.2, 0.25) is 0 Å². The molecule has 39 heavy (non-hydrogen) atoms. The highest BCUT2D eigenvalue weighted by Crippen LogP contribution is 2.47. The molecule has 0 amide bonds. The van der Waals surface area contributed by atoms with Crippen LogP contribution in [0.1, 0.15) is 103 Å². The molecule has 1 aromatic heterocycles. The van der Waals surface area contributed by atoms with Crippen molar-refractivity contribution in [3.63, 3.8) is 0 Å². The zero-order chi connectivity index (χ0) is 27.1. The molecule has 2 saturated carbocycles. The van der Waals surface area contributed by atoms with Gasteiger partial charge in [-0.1, -0.05) is 49.4 Å². The van der Waals surface area contributed by atoms with Gasteiger partial charge in [-0.15, -0.1) is 0 Å². The van der Waals surface area contributed by atoms with E-state index in [1.54, 1.807) is 13.8 Å². The maximum atomic E-state index is 14.0. The molecular weight excluding hydrogens is 492 g/mol. The standard InChI is InChI=1S/C31H42N4O4/c1-19(2)39-33-29(31(37)38)28-30(36)35(27-13-6-5-12-26(27)32-28)25-17-22-10-7-11-23(18-25)34(22)24-15-20-8-3-4-9-21(14-20)16-24/h5-6,12-13,19-25H,3-4,7-11,14-18H2,1-2H3,(H,37,38)/t20-,21+,22-,23+,24?,25?. The largest absolute Gasteiger partial charge is 0.476 e. The van der Waals surface area contributed by atoms with Crippen LogP contribution in [-0.4, -0.2) is 55.5 Å². The van der Waals surface area contributed by atoms with E-state index in [4.69, 9.17) is 4.84 Å². The molecule has 2 saturated heterocycles. The Kier molecular flexibility index (Phi) is 7.49. The molecule has 2 aliphatic heterocycles. The third-order valence-electron chi connectivity index (χ3n) is 9.72. The molecule has 8 heteroatoms. The van der Waals surface area contributed by atoms with Crippen molar-refractivity contribution in [1.29, 1.82) is 0 Å². The Morgan fingerprint density at radius 2 is 1.59 bits per heavy atom. The van der Waals surface area contributed by atoms with Crippen molar-refractivity contribution in [2.75, 3.05) is 0 Å². The van der Waals surface area contributed by atoms with Crippen LogP contribution in [0.5, 0.6) is 0 Å². The molecule has 4 bridgehead atoms. The summed E-state index contributed by atoms with van der Waals surface area (Å²) >= 11 is 0. The Morgan fingerprint density at radius 3 is 2.23 bits per heavy atom. The lowest BCUT2D eigenvalue weighted by molar-refractivity contribution is -0.129. The Morgan fingerprint density at radius 1 is 0.923 bits per heavy atom. The minimum atomic E-state index is -1.31. The summed E-state index contributed by atoms with van der Waals surface area (Å²) < 4.78 is 1.84. The van der Waals surface area contributed by atoms with Crippen LogP contribution in [0.4, 0.5) is 0 Å². The first-order chi connectivity index (χ1) is 18.9. The summed E-state index contributed by atoms with van der Waals surface area (Å²) in [5.74, 6) is 0.448. The summed E-state index contributed by atoms with van der Waals surface area (Å²) in [4.78, 5) is 38.9. The van der Waals surface area contributed by atoms with Crippen molar-refractivity contribution in [3.05, 3.63) is 40.3 Å². The predicted octanol–water partition coefficient (Wildman–Crippen LogP) is 5.53. The van der Waals surface area contributed by atoms with Crippen LogP contribution >= 0.6 is 0 Å². The smallest absolute Gasteiger partial charge is 0.360 e. The number of benzene rings is 1. The third-order valence-corrected chi connectivity index (χ3v) is 9.72. The lowest BCUT2D eigenvalue weighted by Crippen LogP contribution is -2.58. The van der Waals surface area contributed by atoms with Gasteiger partial charge in [0.15, 0.2) is 5.69 Å². The zero-order valence-electron chi connectivity index (χ0n) is 23.3. The molecule has 0 radical (unpaired) electrons. The van der Waals surface area contributed by atoms with E-state index in [1.807, 2.05) is 28.8 Å². The summed E-state index contributed by atoms with van der Waals surface area (Å²) in [6.45, 7) is 3.53. The number of rotatable bonds is 6. The lowest BCUT2D eigenvalue weighted by atomic mass is 9.73. The Hall–Kier alpha value is -2.74. The molecule has 3 heterocycles. The average Bonchev–Trinajstić information content (AvgIpc) is 3.07. The van der Waals surface area contributed by atoms with E-state index in [0.717, 1.165) is 30.2 Å². The number of carboxylic acids is 1. The number of para-hydroxylation sites is 2. The van der Waals surface area contributed by atoms with E-state index in [9.17, 15) is 14.7 Å². The van der Waals surface area contributed by atoms with Crippen molar-refractivity contribution in [3.8, 4) is 0 Å². The number of aromatic nitrogens is 2. The Labute approximate surface area is 230 Å². The van der Waals surface area contributed by atoms with Crippen LogP contribution in [0.3, 0.4) is 0 Å². The highest BCUT2D eigenvalue weighted by atomic mass is 16.6. The number of aliphatic carboxylic acids is 1. The fraction of sp³-hybridized carbons (Fsp3) is 0.677. The minimum Gasteiger partial charge on any atom is -0.476 e. The summed E-state index contributed by atoms with van der Waals surface area (Å²) in [5, 5.41) is 13.8. The summed E-state index contributed by atoms with van der Waals surface area (Å²) in [7, 11) is 0. The van der Waals surface area contributed by atoms with Gasteiger partial charge in [-0.3, -0.25) is 9.69 Å². The molecular formula is C31H42N4O4. The topological polar surface area (TPSA) is 97.0 Å². The molecule has 0 spiro atoms. The van der Waals surface area contributed by atoms with Crippen LogP contribution in [0.25, 0.3) is 11.0 Å². The summed E-state index contributed by atoms with van der Waals surface area (Å²) in [6, 6.07) is 9.18. The maximum absolute atomic E-state index is 14.0. The SMILES string of the molecule is CC(C)ON=C(C(=O)O)c1nc2ccccc2n(C2C[C@H]3CCC[C@@H](C2)N3C2C[C@H]3CCCC[C@@H](C2)C3)c1=O. The molecule has 2 unspecified atom stereocenters. The third kappa shape index (κ3) is 5.24. The highest BCUT2D eigenvalue weighted by Gasteiger charge is 2.45. The second-order valence-electron chi connectivity index (χ2n) is 12.7. The first-order valence-electron chi connectivity index (χ1n) is 15.1. The zero-order valence-corrected chi connectivity index (χ0v) is 23.3. The van der Waals surface area contributed by atoms with Crippen LogP contribution in [-0.2, 0) is 9.63 Å². The summed E-state index contributed by atoms with van der Waals surface area (Å²) in [5.41, 5.74) is 0.402. The van der Waals surface area contributed by atoms with Gasteiger partial charge in [0, 0.05) is 24.2 Å². The van der Waals surface area contributed by atoms with Crippen LogP contribution in [0, 0.1) is 11.8 Å². The number of hydrogen-bond acceptors (Lipinski definition) is 6. The number of nitrogens with zero attached hydrogens (tertiary/aromatic N) is 4. The number of fused-ring (bicyclic) bond motifs is 5. The summed E-state index contributed by atoms with van der Waals surface area (Å²) in [6.07, 6.45) is 14.8. The number of carboxylic acid groups (broad SMARTS) is 1. The molecule has 2 aliphatic carbocycles. The van der Waals surface area contributed by atoms with Crippen molar-refractivity contribution in [2.45, 2.75) is 121 Å². The van der Waals surface area contributed by atoms with Gasteiger partial charge in [-0.2, -0.15) is 0 Å². The average molecular weight is 535 g/mol. The van der Waals surface area contributed by atoms with E-state index in [0.29, 0.717) is 23.6 Å². The fourth-order valence-electron chi connectivity index (χ4n) is 8.32. The van der Waals surface area contributed by atoms with E-state index < -0.39 is 11.7 Å². The van der Waals surface area contributed by atoms with Gasteiger partial charge in [0.25, 0.3) is 5.56 Å². The van der Waals surface area contributed by atoms with E-state index >= 15 is 0 Å². The first-order valence-corrected chi connectivity index (χ1v) is 15.1. The molecule has 8 nitrogen and oxygen atoms in total. The van der Waals surface area contributed by atoms with Gasteiger partial charge in [-0.25, -0.2) is 9.78 Å². The Bertz CT molecular complexity index is 1280. The van der Waals surface area contributed by atoms with Crippen LogP contribution < -0.4 is 5.56 Å². The molecule has 6 atom stereocenters. The van der Waals surface area contributed by atoms with Crippen molar-refractivity contribution >= 4 is 22.7 Å². The second kappa shape index (κ2) is 11.0. The molecule has 1 aromatic carbocycles. The van der Waals surface area contributed by atoms with Gasteiger partial charge in [-0.05, 0) is 82.8 Å². The first kappa shape index (κ1) is 26.5. The van der Waals surface area contributed by atoms with Gasteiger partial charge in [0.2, 0.25) is 5.71 Å². The van der Waals surface area contributed by atoms with Gasteiger partial charge < -0.3 is 14.5 Å². The number of hydrogen-bond donors (Lipinski definition) is 1. The number of carbonyl (C=O) groups is 1.